The molecule has 2 aromatic rings. The van der Waals surface area contributed by atoms with Crippen molar-refractivity contribution in [2.75, 3.05) is 56.6 Å². The Kier molecular flexibility index (Phi) is 6.19. The van der Waals surface area contributed by atoms with E-state index in [9.17, 15) is 9.90 Å². The monoisotopic (exact) mass is 369 g/mol. The van der Waals surface area contributed by atoms with Gasteiger partial charge in [0.2, 0.25) is 0 Å². The second kappa shape index (κ2) is 8.77. The number of nitrogens with zero attached hydrogens (tertiary/aromatic N) is 2. The van der Waals surface area contributed by atoms with Crippen LogP contribution in [0, 0.1) is 0 Å². The molecule has 0 spiro atoms. The van der Waals surface area contributed by atoms with E-state index in [1.807, 2.05) is 26.2 Å². The summed E-state index contributed by atoms with van der Waals surface area (Å²) in [7, 11) is 4.03. The molecule has 1 fully saturated rings. The van der Waals surface area contributed by atoms with Gasteiger partial charge >= 0.3 is 0 Å². The Bertz CT molecular complexity index is 736. The summed E-state index contributed by atoms with van der Waals surface area (Å²) < 4.78 is 0. The van der Waals surface area contributed by atoms with Gasteiger partial charge in [0.1, 0.15) is 5.75 Å². The van der Waals surface area contributed by atoms with Gasteiger partial charge in [-0.05, 0) is 42.0 Å². The van der Waals surface area contributed by atoms with Crippen LogP contribution in [0.15, 0.2) is 48.5 Å². The first-order valence-electron chi connectivity index (χ1n) is 9.42. The van der Waals surface area contributed by atoms with Gasteiger partial charge < -0.3 is 25.1 Å². The normalized spacial score (nSPS) is 14.8. The van der Waals surface area contributed by atoms with E-state index in [-0.39, 0.29) is 11.7 Å². The van der Waals surface area contributed by atoms with Crippen LogP contribution >= 0.6 is 0 Å². The minimum atomic E-state index is 0.0970. The zero-order valence-corrected chi connectivity index (χ0v) is 16.1. The summed E-state index contributed by atoms with van der Waals surface area (Å²) in [5.41, 5.74) is 3.39. The number of nitrogens with one attached hydrogen (secondary N) is 2. The summed E-state index contributed by atoms with van der Waals surface area (Å²) >= 11 is 0. The Hall–Kier alpha value is -2.73. The Morgan fingerprint density at radius 2 is 1.70 bits per heavy atom. The number of hydrogen-bond donors (Lipinski definition) is 3. The third-order valence-electron chi connectivity index (χ3n) is 5.04. The maximum absolute atomic E-state index is 12.3. The molecule has 0 aliphatic carbocycles. The lowest BCUT2D eigenvalue weighted by atomic mass is 10.2. The van der Waals surface area contributed by atoms with Crippen molar-refractivity contribution in [1.82, 2.24) is 5.32 Å². The molecule has 6 heteroatoms. The minimum absolute atomic E-state index is 0.0970. The Morgan fingerprint density at radius 1 is 1.07 bits per heavy atom. The fraction of sp³-hybridized carbons (Fsp3) is 0.381. The van der Waals surface area contributed by atoms with Gasteiger partial charge in [0, 0.05) is 32.0 Å². The van der Waals surface area contributed by atoms with Crippen molar-refractivity contribution in [1.29, 1.82) is 0 Å². The van der Waals surface area contributed by atoms with E-state index >= 15 is 0 Å². The molecule has 1 saturated heterocycles. The van der Waals surface area contributed by atoms with E-state index in [2.05, 4.69) is 39.4 Å². The Morgan fingerprint density at radius 3 is 2.30 bits per heavy atom. The molecule has 0 saturated carbocycles. The number of carbonyl (C=O) groups is 1. The predicted octanol–water partition coefficient (Wildman–Crippen LogP) is 0.480. The van der Waals surface area contributed by atoms with Crippen molar-refractivity contribution < 1.29 is 14.8 Å². The lowest BCUT2D eigenvalue weighted by Gasteiger charge is -2.33. The maximum Gasteiger partial charge on any atom is 0.275 e. The molecule has 0 atom stereocenters. The first kappa shape index (κ1) is 19.0. The van der Waals surface area contributed by atoms with Crippen LogP contribution in [0.5, 0.6) is 5.75 Å². The summed E-state index contributed by atoms with van der Waals surface area (Å²) in [5, 5.41) is 12.4. The highest BCUT2D eigenvalue weighted by molar-refractivity contribution is 5.76. The molecule has 0 unspecified atom stereocenters. The van der Waals surface area contributed by atoms with Gasteiger partial charge in [-0.1, -0.05) is 12.1 Å². The number of phenols is 1. The first-order valence-corrected chi connectivity index (χ1v) is 9.42. The van der Waals surface area contributed by atoms with Crippen molar-refractivity contribution in [3.8, 4) is 5.75 Å². The average molecular weight is 369 g/mol. The quantitative estimate of drug-likeness (QED) is 0.693. The van der Waals surface area contributed by atoms with Gasteiger partial charge in [-0.25, -0.2) is 0 Å². The third kappa shape index (κ3) is 5.37. The standard InChI is InChI=1S/C21H28N4O2/c1-23(2)18-5-3-17(4-6-18)15-22-21(27)16-24-11-13-25(14-12-24)19-7-9-20(26)10-8-19/h3-10,26H,11-16H2,1-2H3,(H,22,27)/p+1. The number of quaternary nitrogens is 1. The number of hydrogen-bond acceptors (Lipinski definition) is 4. The SMILES string of the molecule is CN(C)c1ccc(CNC(=O)C[NH+]2CCN(c3ccc(O)cc3)CC2)cc1. The zero-order valence-electron chi connectivity index (χ0n) is 16.1. The zero-order chi connectivity index (χ0) is 19.2. The highest BCUT2D eigenvalue weighted by atomic mass is 16.3. The number of amides is 1. The second-order valence-corrected chi connectivity index (χ2v) is 7.27. The molecule has 1 aliphatic rings. The van der Waals surface area contributed by atoms with E-state index in [1.165, 1.54) is 4.90 Å². The molecule has 0 radical (unpaired) electrons. The highest BCUT2D eigenvalue weighted by Crippen LogP contribution is 2.18. The Labute approximate surface area is 161 Å². The molecular formula is C21H29N4O2+. The summed E-state index contributed by atoms with van der Waals surface area (Å²) in [6.45, 7) is 4.79. The van der Waals surface area contributed by atoms with Crippen LogP contribution in [0.25, 0.3) is 0 Å². The van der Waals surface area contributed by atoms with E-state index in [0.717, 1.165) is 43.1 Å². The van der Waals surface area contributed by atoms with Crippen LogP contribution in [-0.4, -0.2) is 57.8 Å². The molecule has 144 valence electrons. The molecule has 27 heavy (non-hydrogen) atoms. The molecule has 1 aliphatic heterocycles. The summed E-state index contributed by atoms with van der Waals surface area (Å²) in [6, 6.07) is 15.5. The molecule has 2 aromatic carbocycles. The van der Waals surface area contributed by atoms with Gasteiger partial charge in [-0.15, -0.1) is 0 Å². The Balaban J connectivity index is 1.40. The second-order valence-electron chi connectivity index (χ2n) is 7.27. The maximum atomic E-state index is 12.3. The van der Waals surface area contributed by atoms with Gasteiger partial charge in [0.05, 0.1) is 26.2 Å². The van der Waals surface area contributed by atoms with Crippen molar-refractivity contribution >= 4 is 17.3 Å². The number of aromatic hydroxyl groups is 1. The molecule has 0 bridgehead atoms. The van der Waals surface area contributed by atoms with Crippen LogP contribution in [0.4, 0.5) is 11.4 Å². The lowest BCUT2D eigenvalue weighted by molar-refractivity contribution is -0.892. The fourth-order valence-corrected chi connectivity index (χ4v) is 3.32. The average Bonchev–Trinajstić information content (AvgIpc) is 2.68. The van der Waals surface area contributed by atoms with E-state index < -0.39 is 0 Å². The first-order chi connectivity index (χ1) is 13.0. The summed E-state index contributed by atoms with van der Waals surface area (Å²) in [6.07, 6.45) is 0. The van der Waals surface area contributed by atoms with Gasteiger partial charge in [-0.3, -0.25) is 4.79 Å². The number of rotatable bonds is 6. The van der Waals surface area contributed by atoms with Crippen molar-refractivity contribution in [3.05, 3.63) is 54.1 Å². The van der Waals surface area contributed by atoms with Gasteiger partial charge in [0.25, 0.3) is 5.91 Å². The predicted molar refractivity (Wildman–Crippen MR) is 108 cm³/mol. The van der Waals surface area contributed by atoms with Crippen LogP contribution in [0.1, 0.15) is 5.56 Å². The summed E-state index contributed by atoms with van der Waals surface area (Å²) in [4.78, 5) is 17.9. The van der Waals surface area contributed by atoms with E-state index in [0.29, 0.717) is 13.1 Å². The van der Waals surface area contributed by atoms with Crippen LogP contribution in [-0.2, 0) is 11.3 Å². The largest absolute Gasteiger partial charge is 0.508 e. The van der Waals surface area contributed by atoms with Crippen LogP contribution in [0.3, 0.4) is 0 Å². The van der Waals surface area contributed by atoms with Crippen LogP contribution < -0.4 is 20.0 Å². The number of anilines is 2. The fourth-order valence-electron chi connectivity index (χ4n) is 3.32. The third-order valence-corrected chi connectivity index (χ3v) is 5.04. The molecule has 3 rings (SSSR count). The van der Waals surface area contributed by atoms with Crippen molar-refractivity contribution in [2.24, 2.45) is 0 Å². The number of piperazine rings is 1. The smallest absolute Gasteiger partial charge is 0.275 e. The molecule has 1 amide bonds. The number of carbonyl (C=O) groups excluding carboxylic acids is 1. The molecule has 1 heterocycles. The summed E-state index contributed by atoms with van der Waals surface area (Å²) in [5.74, 6) is 0.385. The van der Waals surface area contributed by atoms with E-state index in [4.69, 9.17) is 0 Å². The van der Waals surface area contributed by atoms with Gasteiger partial charge in [0.15, 0.2) is 6.54 Å². The van der Waals surface area contributed by atoms with Crippen molar-refractivity contribution in [3.63, 3.8) is 0 Å². The molecule has 6 nitrogen and oxygen atoms in total. The van der Waals surface area contributed by atoms with Crippen LogP contribution in [0.2, 0.25) is 0 Å². The number of phenolic OH excluding ortho intramolecular Hbond substituents is 1. The molecule has 0 aromatic heterocycles. The van der Waals surface area contributed by atoms with Crippen molar-refractivity contribution in [2.45, 2.75) is 6.54 Å². The highest BCUT2D eigenvalue weighted by Gasteiger charge is 2.22. The minimum Gasteiger partial charge on any atom is -0.508 e. The topological polar surface area (TPSA) is 60.2 Å². The molecular weight excluding hydrogens is 340 g/mol. The van der Waals surface area contributed by atoms with Gasteiger partial charge in [-0.2, -0.15) is 0 Å². The lowest BCUT2D eigenvalue weighted by Crippen LogP contribution is -3.15. The molecule has 3 N–H and O–H groups in total. The number of benzene rings is 2. The van der Waals surface area contributed by atoms with E-state index in [1.54, 1.807) is 12.1 Å².